The van der Waals surface area contributed by atoms with Gasteiger partial charge in [-0.3, -0.25) is 13.9 Å². The molecule has 4 rings (SSSR count). The van der Waals surface area contributed by atoms with Crippen LogP contribution in [0.4, 0.5) is 10.1 Å². The lowest BCUT2D eigenvalue weighted by Gasteiger charge is -2.34. The summed E-state index contributed by atoms with van der Waals surface area (Å²) in [4.78, 5) is 29.2. The molecule has 0 bridgehead atoms. The van der Waals surface area contributed by atoms with Crippen LogP contribution in [0, 0.1) is 5.82 Å². The summed E-state index contributed by atoms with van der Waals surface area (Å²) in [5.74, 6) is -1.62. The van der Waals surface area contributed by atoms with Crippen molar-refractivity contribution in [1.82, 2.24) is 10.2 Å². The molecule has 218 valence electrons. The number of hydrogen-bond donors (Lipinski definition) is 1. The molecule has 0 unspecified atom stereocenters. The van der Waals surface area contributed by atoms with Crippen LogP contribution in [-0.4, -0.2) is 50.0 Å². The average molecular weight is 621 g/mol. The first-order valence-corrected chi connectivity index (χ1v) is 15.9. The van der Waals surface area contributed by atoms with Crippen molar-refractivity contribution in [3.63, 3.8) is 0 Å². The van der Waals surface area contributed by atoms with Crippen LogP contribution in [0.2, 0.25) is 10.0 Å². The topological polar surface area (TPSA) is 86.8 Å². The Balaban J connectivity index is 1.75. The van der Waals surface area contributed by atoms with Crippen molar-refractivity contribution in [2.75, 3.05) is 17.1 Å². The SMILES string of the molecule is CS(=O)(=O)N(CC(=O)N(Cc1ccccc1F)[C@@H](Cc1ccccc1)C(=O)NC1CCCC1)c1cc(Cl)ccc1Cl. The first-order chi connectivity index (χ1) is 19.5. The van der Waals surface area contributed by atoms with Gasteiger partial charge in [-0.15, -0.1) is 0 Å². The molecule has 1 N–H and O–H groups in total. The number of amides is 2. The van der Waals surface area contributed by atoms with Crippen molar-refractivity contribution < 1.29 is 22.4 Å². The van der Waals surface area contributed by atoms with E-state index in [1.54, 1.807) is 6.07 Å². The van der Waals surface area contributed by atoms with E-state index in [-0.39, 0.29) is 46.2 Å². The third kappa shape index (κ3) is 8.21. The molecule has 1 fully saturated rings. The van der Waals surface area contributed by atoms with Crippen LogP contribution < -0.4 is 9.62 Å². The minimum Gasteiger partial charge on any atom is -0.352 e. The Kier molecular flexibility index (Phi) is 10.3. The smallest absolute Gasteiger partial charge is 0.244 e. The Morgan fingerprint density at radius 1 is 1.00 bits per heavy atom. The van der Waals surface area contributed by atoms with Crippen molar-refractivity contribution in [2.45, 2.75) is 50.7 Å². The van der Waals surface area contributed by atoms with Crippen molar-refractivity contribution in [3.05, 3.63) is 99.8 Å². The number of nitrogens with one attached hydrogen (secondary N) is 1. The molecule has 0 aromatic heterocycles. The molecular weight excluding hydrogens is 588 g/mol. The Hall–Kier alpha value is -3.14. The summed E-state index contributed by atoms with van der Waals surface area (Å²) in [5.41, 5.74) is 1.01. The summed E-state index contributed by atoms with van der Waals surface area (Å²) in [7, 11) is -4.02. The fourth-order valence-corrected chi connectivity index (χ4v) is 6.29. The van der Waals surface area contributed by atoms with Gasteiger partial charge in [-0.05, 0) is 42.7 Å². The van der Waals surface area contributed by atoms with Gasteiger partial charge >= 0.3 is 0 Å². The largest absolute Gasteiger partial charge is 0.352 e. The van der Waals surface area contributed by atoms with E-state index in [0.717, 1.165) is 41.8 Å². The number of hydrogen-bond acceptors (Lipinski definition) is 4. The zero-order valence-electron chi connectivity index (χ0n) is 22.6. The maximum atomic E-state index is 14.9. The molecule has 1 saturated carbocycles. The zero-order chi connectivity index (χ0) is 29.6. The van der Waals surface area contributed by atoms with E-state index in [1.165, 1.54) is 41.3 Å². The summed E-state index contributed by atoms with van der Waals surface area (Å²) in [5, 5.41) is 3.38. The van der Waals surface area contributed by atoms with E-state index in [9.17, 15) is 22.4 Å². The molecule has 3 aromatic rings. The highest BCUT2D eigenvalue weighted by molar-refractivity contribution is 7.92. The normalized spacial score (nSPS) is 14.4. The fourth-order valence-electron chi connectivity index (χ4n) is 5.00. The second kappa shape index (κ2) is 13.7. The second-order valence-corrected chi connectivity index (χ2v) is 12.9. The van der Waals surface area contributed by atoms with Crippen molar-refractivity contribution in [3.8, 4) is 0 Å². The number of carbonyl (C=O) groups is 2. The Morgan fingerprint density at radius 2 is 1.66 bits per heavy atom. The Morgan fingerprint density at radius 3 is 2.32 bits per heavy atom. The number of nitrogens with zero attached hydrogens (tertiary/aromatic N) is 2. The molecule has 1 aliphatic rings. The highest BCUT2D eigenvalue weighted by Gasteiger charge is 2.35. The average Bonchev–Trinajstić information content (AvgIpc) is 3.44. The number of rotatable bonds is 11. The van der Waals surface area contributed by atoms with Gasteiger partial charge in [-0.2, -0.15) is 0 Å². The Bertz CT molecular complexity index is 1480. The molecule has 2 amide bonds. The molecule has 0 aliphatic heterocycles. The molecule has 1 aliphatic carbocycles. The molecule has 0 radical (unpaired) electrons. The van der Waals surface area contributed by atoms with E-state index in [4.69, 9.17) is 23.2 Å². The van der Waals surface area contributed by atoms with Crippen LogP contribution in [-0.2, 0) is 32.6 Å². The van der Waals surface area contributed by atoms with Gasteiger partial charge in [0.1, 0.15) is 18.4 Å². The first-order valence-electron chi connectivity index (χ1n) is 13.3. The highest BCUT2D eigenvalue weighted by atomic mass is 35.5. The summed E-state index contributed by atoms with van der Waals surface area (Å²) in [6.45, 7) is -0.919. The van der Waals surface area contributed by atoms with Crippen LogP contribution in [0.25, 0.3) is 0 Å². The van der Waals surface area contributed by atoms with Gasteiger partial charge in [0, 0.05) is 29.6 Å². The van der Waals surface area contributed by atoms with Crippen LogP contribution >= 0.6 is 23.2 Å². The zero-order valence-corrected chi connectivity index (χ0v) is 24.9. The molecular formula is C30H32Cl2FN3O4S. The van der Waals surface area contributed by atoms with Gasteiger partial charge in [-0.1, -0.05) is 84.6 Å². The predicted molar refractivity (Wildman–Crippen MR) is 160 cm³/mol. The van der Waals surface area contributed by atoms with Crippen molar-refractivity contribution in [1.29, 1.82) is 0 Å². The minimum atomic E-state index is -4.02. The maximum Gasteiger partial charge on any atom is 0.244 e. The van der Waals surface area contributed by atoms with Crippen LogP contribution in [0.15, 0.2) is 72.8 Å². The minimum absolute atomic E-state index is 0.0240. The molecule has 0 spiro atoms. The molecule has 3 aromatic carbocycles. The lowest BCUT2D eigenvalue weighted by atomic mass is 10.0. The number of anilines is 1. The van der Waals surface area contributed by atoms with Crippen LogP contribution in [0.3, 0.4) is 0 Å². The summed E-state index contributed by atoms with van der Waals surface area (Å²) in [6.07, 6.45) is 4.76. The summed E-state index contributed by atoms with van der Waals surface area (Å²) in [6, 6.07) is 18.4. The van der Waals surface area contributed by atoms with E-state index in [0.29, 0.717) is 0 Å². The molecule has 0 saturated heterocycles. The second-order valence-electron chi connectivity index (χ2n) is 10.2. The quantitative estimate of drug-likeness (QED) is 0.303. The van der Waals surface area contributed by atoms with E-state index < -0.39 is 34.3 Å². The number of sulfonamides is 1. The van der Waals surface area contributed by atoms with Gasteiger partial charge in [0.15, 0.2) is 0 Å². The number of carbonyl (C=O) groups excluding carboxylic acids is 2. The molecule has 0 heterocycles. The monoisotopic (exact) mass is 619 g/mol. The number of benzene rings is 3. The Labute approximate surface area is 250 Å². The maximum absolute atomic E-state index is 14.9. The van der Waals surface area contributed by atoms with Gasteiger partial charge in [0.25, 0.3) is 0 Å². The predicted octanol–water partition coefficient (Wildman–Crippen LogP) is 5.60. The van der Waals surface area contributed by atoms with E-state index >= 15 is 0 Å². The van der Waals surface area contributed by atoms with Gasteiger partial charge in [0.2, 0.25) is 21.8 Å². The van der Waals surface area contributed by atoms with Gasteiger partial charge in [0.05, 0.1) is 17.0 Å². The summed E-state index contributed by atoms with van der Waals surface area (Å²) >= 11 is 12.5. The molecule has 11 heteroatoms. The van der Waals surface area contributed by atoms with Gasteiger partial charge in [-0.25, -0.2) is 12.8 Å². The van der Waals surface area contributed by atoms with Crippen LogP contribution in [0.1, 0.15) is 36.8 Å². The first kappa shape index (κ1) is 30.8. The van der Waals surface area contributed by atoms with Crippen molar-refractivity contribution in [2.24, 2.45) is 0 Å². The van der Waals surface area contributed by atoms with E-state index in [2.05, 4.69) is 5.32 Å². The highest BCUT2D eigenvalue weighted by Crippen LogP contribution is 2.31. The van der Waals surface area contributed by atoms with Gasteiger partial charge < -0.3 is 10.2 Å². The molecule has 41 heavy (non-hydrogen) atoms. The number of halogens is 3. The molecule has 7 nitrogen and oxygen atoms in total. The lowest BCUT2D eigenvalue weighted by Crippen LogP contribution is -2.54. The molecule has 1 atom stereocenters. The van der Waals surface area contributed by atoms with E-state index in [1.807, 2.05) is 30.3 Å². The third-order valence-electron chi connectivity index (χ3n) is 7.13. The van der Waals surface area contributed by atoms with Crippen LogP contribution in [0.5, 0.6) is 0 Å². The summed E-state index contributed by atoms with van der Waals surface area (Å²) < 4.78 is 41.5. The standard InChI is InChI=1S/C30H32Cl2FN3O4S/c1-41(39,40)36(27-18-23(31)15-16-25(27)32)20-29(37)35(19-22-11-5-8-14-26(22)33)28(17-21-9-3-2-4-10-21)30(38)34-24-12-6-7-13-24/h2-5,8-11,14-16,18,24,28H,6-7,12-13,17,19-20H2,1H3,(H,34,38)/t28-/m0/s1. The van der Waals surface area contributed by atoms with Crippen molar-refractivity contribution >= 4 is 50.7 Å². The third-order valence-corrected chi connectivity index (χ3v) is 8.81. The fraction of sp³-hybridized carbons (Fsp3) is 0.333. The lowest BCUT2D eigenvalue weighted by molar-refractivity contribution is -0.140.